The second-order valence-electron chi connectivity index (χ2n) is 17.7. The molecule has 0 fully saturated rings. The van der Waals surface area contributed by atoms with Gasteiger partial charge in [0.05, 0.1) is 11.1 Å². The number of ether oxygens (including phenoxy) is 1. The highest BCUT2D eigenvalue weighted by atomic mass is 32.1. The van der Waals surface area contributed by atoms with Crippen LogP contribution in [0.5, 0.6) is 11.5 Å². The average Bonchev–Trinajstić information content (AvgIpc) is 3.99. The van der Waals surface area contributed by atoms with Crippen LogP contribution in [0.25, 0.3) is 62.6 Å². The fraction of sp³-hybridized carbons (Fsp3) is 0.0182. The van der Waals surface area contributed by atoms with Gasteiger partial charge in [0.1, 0.15) is 45.0 Å². The lowest BCUT2D eigenvalue weighted by Crippen LogP contribution is -2.55. The molecular formula is C55H38B5NOS2. The maximum Gasteiger partial charge on any atom is 0.156 e. The first-order valence-electron chi connectivity index (χ1n) is 22.2. The summed E-state index contributed by atoms with van der Waals surface area (Å²) < 4.78 is 12.5. The van der Waals surface area contributed by atoms with E-state index in [2.05, 4.69) is 214 Å². The van der Waals surface area contributed by atoms with Gasteiger partial charge in [-0.2, -0.15) is 0 Å². The molecule has 0 saturated heterocycles. The molecule has 2 nitrogen and oxygen atoms in total. The summed E-state index contributed by atoms with van der Waals surface area (Å²) in [6, 6.07) is 63.2. The van der Waals surface area contributed by atoms with Crippen molar-refractivity contribution in [3.05, 3.63) is 192 Å². The van der Waals surface area contributed by atoms with Gasteiger partial charge in [-0.3, -0.25) is 0 Å². The molecule has 0 bridgehead atoms. The molecular weight excluding hydrogens is 809 g/mol. The lowest BCUT2D eigenvalue weighted by molar-refractivity contribution is 0.437. The predicted octanol–water partition coefficient (Wildman–Crippen LogP) is 7.32. The van der Waals surface area contributed by atoms with Crippen molar-refractivity contribution < 1.29 is 4.74 Å². The van der Waals surface area contributed by atoms with E-state index in [4.69, 9.17) is 4.74 Å². The first kappa shape index (κ1) is 37.9. The van der Waals surface area contributed by atoms with Crippen molar-refractivity contribution in [3.8, 4) is 33.8 Å². The van der Waals surface area contributed by atoms with Gasteiger partial charge in [0, 0.05) is 62.8 Å². The summed E-state index contributed by atoms with van der Waals surface area (Å²) in [5.74, 6) is 1.75. The quantitative estimate of drug-likeness (QED) is 0.173. The number of para-hydroxylation sites is 2. The largest absolute Gasteiger partial charge is 0.454 e. The van der Waals surface area contributed by atoms with Crippen LogP contribution >= 0.6 is 22.7 Å². The van der Waals surface area contributed by atoms with E-state index in [0.29, 0.717) is 0 Å². The second kappa shape index (κ2) is 13.9. The van der Waals surface area contributed by atoms with Gasteiger partial charge in [-0.05, 0) is 88.0 Å². The maximum atomic E-state index is 7.33. The number of thiophene rings is 2. The molecule has 0 unspecified atom stereocenters. The number of rotatable bonds is 4. The Morgan fingerprint density at radius 2 is 0.953 bits per heavy atom. The number of fused-ring (bicyclic) bond motifs is 15. The van der Waals surface area contributed by atoms with Crippen LogP contribution in [-0.2, 0) is 5.41 Å². The van der Waals surface area contributed by atoms with E-state index in [1.54, 1.807) is 0 Å². The van der Waals surface area contributed by atoms with Crippen molar-refractivity contribution in [2.75, 3.05) is 4.90 Å². The molecule has 9 aromatic carbocycles. The second-order valence-corrected chi connectivity index (χ2v) is 19.8. The fourth-order valence-electron chi connectivity index (χ4n) is 11.4. The summed E-state index contributed by atoms with van der Waals surface area (Å²) in [4.78, 5) is 2.46. The normalized spacial score (nSPS) is 13.2. The van der Waals surface area contributed by atoms with E-state index in [9.17, 15) is 0 Å². The summed E-state index contributed by atoms with van der Waals surface area (Å²) >= 11 is 3.74. The van der Waals surface area contributed by atoms with Gasteiger partial charge in [0.2, 0.25) is 0 Å². The van der Waals surface area contributed by atoms with Crippen LogP contribution < -0.4 is 37.0 Å². The first-order valence-corrected chi connectivity index (χ1v) is 23.8. The molecule has 0 amide bonds. The Hall–Kier alpha value is -6.66. The average molecular weight is 847 g/mol. The highest BCUT2D eigenvalue weighted by Gasteiger charge is 2.51. The number of nitrogens with zero attached hydrogens (tertiary/aromatic N) is 1. The molecule has 64 heavy (non-hydrogen) atoms. The summed E-state index contributed by atoms with van der Waals surface area (Å²) in [5, 5.41) is 5.16. The van der Waals surface area contributed by atoms with Crippen LogP contribution in [0.15, 0.2) is 170 Å². The molecule has 3 heterocycles. The summed E-state index contributed by atoms with van der Waals surface area (Å²) in [6.45, 7) is 0. The van der Waals surface area contributed by atoms with Crippen LogP contribution in [0, 0.1) is 0 Å². The summed E-state index contributed by atoms with van der Waals surface area (Å²) in [5.41, 5.74) is 19.6. The Bertz CT molecular complexity index is 3740. The smallest absolute Gasteiger partial charge is 0.156 e. The van der Waals surface area contributed by atoms with Crippen LogP contribution in [0.3, 0.4) is 0 Å². The van der Waals surface area contributed by atoms with Crippen molar-refractivity contribution in [2.45, 2.75) is 5.41 Å². The molecule has 9 heteroatoms. The summed E-state index contributed by atoms with van der Waals surface area (Å²) in [6.07, 6.45) is 0. The minimum Gasteiger partial charge on any atom is -0.454 e. The van der Waals surface area contributed by atoms with Gasteiger partial charge in [-0.15, -0.1) is 39.1 Å². The van der Waals surface area contributed by atoms with E-state index < -0.39 is 5.41 Å². The first-order chi connectivity index (χ1) is 31.3. The SMILES string of the molecule is Bc1c(B)c(B)c(-c2cccc3sc4ccc(N(c5ccc6c(c5)sc5ccccc56)c5cccc6c5Oc5ccccc5C65c6ccccc6-c6ccccc65)cc4c23)c(B)c1B. The maximum absolute atomic E-state index is 7.33. The van der Waals surface area contributed by atoms with Gasteiger partial charge in [-0.1, -0.05) is 126 Å². The zero-order valence-electron chi connectivity index (χ0n) is 36.3. The van der Waals surface area contributed by atoms with Gasteiger partial charge in [-0.25, -0.2) is 0 Å². The molecule has 1 aliphatic heterocycles. The van der Waals surface area contributed by atoms with E-state index in [1.807, 2.05) is 22.7 Å². The highest BCUT2D eigenvalue weighted by Crippen LogP contribution is 2.64. The summed E-state index contributed by atoms with van der Waals surface area (Å²) in [7, 11) is 11.4. The molecule has 0 N–H and O–H groups in total. The van der Waals surface area contributed by atoms with Gasteiger partial charge < -0.3 is 9.64 Å². The Morgan fingerprint density at radius 3 is 1.73 bits per heavy atom. The van der Waals surface area contributed by atoms with Crippen molar-refractivity contribution >= 4 is 147 Å². The standard InChI is InChI=1S/C55H38B5NOS2/c56-49-48(50(57)52(59)53(60)51(49)58)35-14-9-22-45-47(35)36-27-29(24-26-44(36)63-45)61(30-23-25-34-33-13-3-8-21-43(33)64-46(34)28-30)41-19-10-18-40-54(41)62-42-20-7-6-17-39(42)55(40)37-15-4-1-11-31(37)32-12-2-5-16-38(32)55/h1-28H,56-60H2. The third kappa shape index (κ3) is 5.08. The molecule has 296 valence electrons. The zero-order valence-corrected chi connectivity index (χ0v) is 38.0. The Balaban J connectivity index is 1.11. The third-order valence-corrected chi connectivity index (χ3v) is 17.0. The monoisotopic (exact) mass is 847 g/mol. The van der Waals surface area contributed by atoms with E-state index in [0.717, 1.165) is 34.1 Å². The van der Waals surface area contributed by atoms with Crippen molar-refractivity contribution in [1.29, 1.82) is 0 Å². The molecule has 0 radical (unpaired) electrons. The van der Waals surface area contributed by atoms with Crippen LogP contribution in [0.1, 0.15) is 22.3 Å². The van der Waals surface area contributed by atoms with Crippen LogP contribution in [-0.4, -0.2) is 39.2 Å². The number of hydrogen-bond acceptors (Lipinski definition) is 4. The van der Waals surface area contributed by atoms with Gasteiger partial charge >= 0.3 is 0 Å². The lowest BCUT2D eigenvalue weighted by atomic mass is 9.59. The Kier molecular flexibility index (Phi) is 8.23. The Morgan fingerprint density at radius 1 is 0.406 bits per heavy atom. The number of hydrogen-bond donors (Lipinski definition) is 0. The fourth-order valence-corrected chi connectivity index (χ4v) is 13.6. The molecule has 1 aliphatic carbocycles. The molecule has 0 atom stereocenters. The predicted molar refractivity (Wildman–Crippen MR) is 291 cm³/mol. The molecule has 1 spiro atoms. The van der Waals surface area contributed by atoms with Crippen LogP contribution in [0.2, 0.25) is 0 Å². The molecule has 13 rings (SSSR count). The van der Waals surface area contributed by atoms with Crippen LogP contribution in [0.4, 0.5) is 17.1 Å². The topological polar surface area (TPSA) is 12.5 Å². The van der Waals surface area contributed by atoms with Crippen molar-refractivity contribution in [2.24, 2.45) is 0 Å². The molecule has 2 aromatic heterocycles. The van der Waals surface area contributed by atoms with E-state index in [-0.39, 0.29) is 0 Å². The van der Waals surface area contributed by atoms with Crippen molar-refractivity contribution in [1.82, 2.24) is 0 Å². The van der Waals surface area contributed by atoms with E-state index in [1.165, 1.54) is 107 Å². The number of anilines is 3. The Labute approximate surface area is 385 Å². The van der Waals surface area contributed by atoms with Gasteiger partial charge in [0.15, 0.2) is 5.75 Å². The third-order valence-electron chi connectivity index (χ3n) is 14.7. The minimum atomic E-state index is -0.573. The molecule has 0 saturated carbocycles. The highest BCUT2D eigenvalue weighted by molar-refractivity contribution is 7.26. The molecule has 2 aliphatic rings. The van der Waals surface area contributed by atoms with Gasteiger partial charge in [0.25, 0.3) is 0 Å². The lowest BCUT2D eigenvalue weighted by Gasteiger charge is -2.41. The zero-order chi connectivity index (χ0) is 43.0. The van der Waals surface area contributed by atoms with Crippen molar-refractivity contribution in [3.63, 3.8) is 0 Å². The minimum absolute atomic E-state index is 0.573. The van der Waals surface area contributed by atoms with E-state index >= 15 is 0 Å². The number of benzene rings is 9. The molecule has 11 aromatic rings.